The molecular formula is C7H12N2O2. The summed E-state index contributed by atoms with van der Waals surface area (Å²) in [6.07, 6.45) is 0.875. The van der Waals surface area contributed by atoms with E-state index in [0.717, 1.165) is 13.0 Å². The Balaban J connectivity index is 2.16. The Morgan fingerprint density at radius 3 is 2.91 bits per heavy atom. The van der Waals surface area contributed by atoms with Crippen LogP contribution in [0.2, 0.25) is 0 Å². The molecule has 4 heteroatoms. The number of esters is 1. The molecule has 0 aromatic carbocycles. The fourth-order valence-corrected chi connectivity index (χ4v) is 1.90. The van der Waals surface area contributed by atoms with Crippen LogP contribution in [-0.2, 0) is 9.53 Å². The van der Waals surface area contributed by atoms with Gasteiger partial charge in [0.15, 0.2) is 0 Å². The molecule has 1 unspecified atom stereocenters. The molecule has 2 aliphatic heterocycles. The Kier molecular flexibility index (Phi) is 1.40. The number of ether oxygens (including phenoxy) is 1. The van der Waals surface area contributed by atoms with Crippen molar-refractivity contribution in [1.82, 2.24) is 10.6 Å². The molecule has 0 amide bonds. The average molecular weight is 156 g/mol. The van der Waals surface area contributed by atoms with Crippen molar-refractivity contribution in [1.29, 1.82) is 0 Å². The third-order valence-electron chi connectivity index (χ3n) is 2.55. The van der Waals surface area contributed by atoms with Crippen molar-refractivity contribution in [3.05, 3.63) is 0 Å². The highest BCUT2D eigenvalue weighted by molar-refractivity contribution is 5.82. The van der Waals surface area contributed by atoms with E-state index in [-0.39, 0.29) is 5.97 Å². The molecular weight excluding hydrogens is 144 g/mol. The van der Waals surface area contributed by atoms with Crippen molar-refractivity contribution in [2.45, 2.75) is 18.0 Å². The summed E-state index contributed by atoms with van der Waals surface area (Å²) in [6.45, 7) is 1.60. The average Bonchev–Trinajstić information content (AvgIpc) is 2.62. The monoisotopic (exact) mass is 156 g/mol. The van der Waals surface area contributed by atoms with E-state index in [1.807, 2.05) is 0 Å². The predicted octanol–water partition coefficient (Wildman–Crippen LogP) is -1.14. The molecule has 2 heterocycles. The molecule has 0 saturated carbocycles. The predicted molar refractivity (Wildman–Crippen MR) is 39.2 cm³/mol. The first-order chi connectivity index (χ1) is 5.27. The highest BCUT2D eigenvalue weighted by atomic mass is 16.5. The van der Waals surface area contributed by atoms with Gasteiger partial charge >= 0.3 is 5.97 Å². The van der Waals surface area contributed by atoms with Crippen LogP contribution in [0.15, 0.2) is 0 Å². The lowest BCUT2D eigenvalue weighted by atomic mass is 10.0. The molecule has 11 heavy (non-hydrogen) atoms. The first kappa shape index (κ1) is 7.06. The third-order valence-corrected chi connectivity index (χ3v) is 2.55. The van der Waals surface area contributed by atoms with Crippen molar-refractivity contribution in [2.24, 2.45) is 0 Å². The zero-order valence-electron chi connectivity index (χ0n) is 6.52. The van der Waals surface area contributed by atoms with Gasteiger partial charge in [0, 0.05) is 19.1 Å². The minimum absolute atomic E-state index is 0.134. The standard InChI is InChI=1S/C7H12N2O2/c1-11-6(10)7-2-5(3-9-7)8-4-7/h5,8-9H,2-4H2,1H3/t5-,7?/m0/s1. The minimum Gasteiger partial charge on any atom is -0.468 e. The van der Waals surface area contributed by atoms with Gasteiger partial charge in [0.2, 0.25) is 0 Å². The Morgan fingerprint density at radius 2 is 2.55 bits per heavy atom. The van der Waals surface area contributed by atoms with Gasteiger partial charge in [0.1, 0.15) is 5.54 Å². The van der Waals surface area contributed by atoms with Crippen LogP contribution in [0.25, 0.3) is 0 Å². The number of methoxy groups -OCH3 is 1. The van der Waals surface area contributed by atoms with E-state index < -0.39 is 5.54 Å². The lowest BCUT2D eigenvalue weighted by molar-refractivity contribution is -0.147. The smallest absolute Gasteiger partial charge is 0.327 e. The number of carbonyl (C=O) groups is 1. The largest absolute Gasteiger partial charge is 0.468 e. The SMILES string of the molecule is COC(=O)C12CN[C@H](CN1)C2. The number of hydrogen-bond acceptors (Lipinski definition) is 4. The second-order valence-electron chi connectivity index (χ2n) is 3.24. The maximum absolute atomic E-state index is 11.3. The molecule has 0 radical (unpaired) electrons. The molecule has 2 aliphatic rings. The maximum atomic E-state index is 11.3. The van der Waals surface area contributed by atoms with Gasteiger partial charge in [-0.05, 0) is 6.42 Å². The molecule has 0 aliphatic carbocycles. The van der Waals surface area contributed by atoms with E-state index in [1.165, 1.54) is 7.11 Å². The number of nitrogens with one attached hydrogen (secondary N) is 2. The summed E-state index contributed by atoms with van der Waals surface area (Å²) in [5.74, 6) is -0.134. The van der Waals surface area contributed by atoms with Gasteiger partial charge in [0.25, 0.3) is 0 Å². The number of carbonyl (C=O) groups excluding carboxylic acids is 1. The van der Waals surface area contributed by atoms with Gasteiger partial charge in [0.05, 0.1) is 7.11 Å². The Hall–Kier alpha value is -0.610. The summed E-state index contributed by atoms with van der Waals surface area (Å²) in [5, 5.41) is 6.43. The van der Waals surface area contributed by atoms with Gasteiger partial charge in [-0.2, -0.15) is 0 Å². The van der Waals surface area contributed by atoms with Gasteiger partial charge in [-0.3, -0.25) is 10.1 Å². The Morgan fingerprint density at radius 1 is 1.73 bits per heavy atom. The third kappa shape index (κ3) is 0.862. The normalized spacial score (nSPS) is 41.0. The van der Waals surface area contributed by atoms with E-state index in [1.54, 1.807) is 0 Å². The first-order valence-electron chi connectivity index (χ1n) is 3.84. The number of rotatable bonds is 1. The summed E-state index contributed by atoms with van der Waals surface area (Å²) in [4.78, 5) is 11.3. The van der Waals surface area contributed by atoms with E-state index in [0.29, 0.717) is 12.6 Å². The van der Waals surface area contributed by atoms with E-state index >= 15 is 0 Å². The molecule has 62 valence electrons. The molecule has 4 nitrogen and oxygen atoms in total. The lowest BCUT2D eigenvalue weighted by Gasteiger charge is -2.24. The highest BCUT2D eigenvalue weighted by Gasteiger charge is 2.50. The van der Waals surface area contributed by atoms with Crippen molar-refractivity contribution in [3.8, 4) is 0 Å². The maximum Gasteiger partial charge on any atom is 0.327 e. The lowest BCUT2D eigenvalue weighted by Crippen LogP contribution is -2.55. The van der Waals surface area contributed by atoms with Crippen LogP contribution in [0.3, 0.4) is 0 Å². The molecule has 2 bridgehead atoms. The van der Waals surface area contributed by atoms with Crippen LogP contribution in [0.1, 0.15) is 6.42 Å². The van der Waals surface area contributed by atoms with Crippen molar-refractivity contribution in [3.63, 3.8) is 0 Å². The van der Waals surface area contributed by atoms with Gasteiger partial charge in [-0.15, -0.1) is 0 Å². The quantitative estimate of drug-likeness (QED) is 0.471. The number of fused-ring (bicyclic) bond motifs is 2. The van der Waals surface area contributed by atoms with Crippen LogP contribution in [0, 0.1) is 0 Å². The van der Waals surface area contributed by atoms with Crippen LogP contribution in [0.5, 0.6) is 0 Å². The molecule has 2 atom stereocenters. The van der Waals surface area contributed by atoms with E-state index in [2.05, 4.69) is 10.6 Å². The number of hydrogen-bond donors (Lipinski definition) is 2. The van der Waals surface area contributed by atoms with Gasteiger partial charge in [-0.25, -0.2) is 0 Å². The second kappa shape index (κ2) is 2.19. The summed E-state index contributed by atoms with van der Waals surface area (Å²) in [5.41, 5.74) is -0.403. The highest BCUT2D eigenvalue weighted by Crippen LogP contribution is 2.26. The van der Waals surface area contributed by atoms with Crippen LogP contribution in [0.4, 0.5) is 0 Å². The zero-order valence-corrected chi connectivity index (χ0v) is 6.52. The second-order valence-corrected chi connectivity index (χ2v) is 3.24. The van der Waals surface area contributed by atoms with Crippen LogP contribution < -0.4 is 10.6 Å². The van der Waals surface area contributed by atoms with Crippen molar-refractivity contribution >= 4 is 5.97 Å². The fraction of sp³-hybridized carbons (Fsp3) is 0.857. The first-order valence-corrected chi connectivity index (χ1v) is 3.84. The summed E-state index contributed by atoms with van der Waals surface area (Å²) in [7, 11) is 1.43. The molecule has 0 aromatic rings. The van der Waals surface area contributed by atoms with Crippen molar-refractivity contribution < 1.29 is 9.53 Å². The minimum atomic E-state index is -0.403. The van der Waals surface area contributed by atoms with E-state index in [9.17, 15) is 4.79 Å². The fourth-order valence-electron chi connectivity index (χ4n) is 1.90. The van der Waals surface area contributed by atoms with Crippen LogP contribution >= 0.6 is 0 Å². The Bertz CT molecular complexity index is 185. The zero-order chi connectivity index (χ0) is 7.90. The molecule has 2 rings (SSSR count). The van der Waals surface area contributed by atoms with Gasteiger partial charge in [-0.1, -0.05) is 0 Å². The van der Waals surface area contributed by atoms with Crippen molar-refractivity contribution in [2.75, 3.05) is 20.2 Å². The molecule has 2 fully saturated rings. The molecule has 0 aromatic heterocycles. The van der Waals surface area contributed by atoms with E-state index in [4.69, 9.17) is 4.74 Å². The van der Waals surface area contributed by atoms with Gasteiger partial charge < -0.3 is 10.1 Å². The molecule has 0 spiro atoms. The molecule has 2 saturated heterocycles. The number of piperazine rings is 1. The topological polar surface area (TPSA) is 50.4 Å². The Labute approximate surface area is 65.3 Å². The summed E-state index contributed by atoms with van der Waals surface area (Å²) >= 11 is 0. The molecule has 2 N–H and O–H groups in total. The summed E-state index contributed by atoms with van der Waals surface area (Å²) in [6, 6.07) is 0.467. The summed E-state index contributed by atoms with van der Waals surface area (Å²) < 4.78 is 4.71. The van der Waals surface area contributed by atoms with Crippen LogP contribution in [-0.4, -0.2) is 37.7 Å².